The summed E-state index contributed by atoms with van der Waals surface area (Å²) in [5, 5.41) is 2.78. The summed E-state index contributed by atoms with van der Waals surface area (Å²) in [4.78, 5) is 15.6. The van der Waals surface area contributed by atoms with Crippen LogP contribution in [0.2, 0.25) is 0 Å². The third kappa shape index (κ3) is 5.51. The number of carbonyl (C=O) groups is 1. The summed E-state index contributed by atoms with van der Waals surface area (Å²) in [7, 11) is 0. The maximum atomic E-state index is 13.4. The van der Waals surface area contributed by atoms with E-state index < -0.39 is 11.7 Å². The van der Waals surface area contributed by atoms with E-state index in [9.17, 15) is 22.4 Å². The molecule has 2 aromatic carbocycles. The molecule has 0 saturated carbocycles. The highest BCUT2D eigenvalue weighted by Crippen LogP contribution is 2.33. The largest absolute Gasteiger partial charge is 0.416 e. The number of ether oxygens (including phenoxy) is 1. The molecule has 0 spiro atoms. The highest BCUT2D eigenvalue weighted by Gasteiger charge is 2.31. The van der Waals surface area contributed by atoms with Crippen molar-refractivity contribution in [3.05, 3.63) is 88.0 Å². The van der Waals surface area contributed by atoms with Gasteiger partial charge in [-0.3, -0.25) is 4.79 Å². The number of nitrogens with one attached hydrogen (secondary N) is 1. The van der Waals surface area contributed by atoms with Crippen LogP contribution in [0, 0.1) is 19.7 Å². The highest BCUT2D eigenvalue weighted by atomic mass is 19.4. The zero-order valence-corrected chi connectivity index (χ0v) is 19.6. The Kier molecular flexibility index (Phi) is 7.16. The number of benzene rings is 2. The fourth-order valence-corrected chi connectivity index (χ4v) is 4.52. The van der Waals surface area contributed by atoms with Gasteiger partial charge in [-0.25, -0.2) is 4.39 Å². The predicted molar refractivity (Wildman–Crippen MR) is 125 cm³/mol. The topological polar surface area (TPSA) is 46.5 Å². The predicted octanol–water partition coefficient (Wildman–Crippen LogP) is 5.08. The molecule has 5 nitrogen and oxygen atoms in total. The van der Waals surface area contributed by atoms with Crippen LogP contribution in [-0.4, -0.2) is 36.8 Å². The third-order valence-electron chi connectivity index (χ3n) is 6.23. The first-order valence-corrected chi connectivity index (χ1v) is 11.4. The number of hydrogen-bond donors (Lipinski definition) is 1. The summed E-state index contributed by atoms with van der Waals surface area (Å²) in [6.07, 6.45) is -4.45. The van der Waals surface area contributed by atoms with Crippen LogP contribution in [0.15, 0.2) is 48.5 Å². The van der Waals surface area contributed by atoms with Crippen molar-refractivity contribution in [1.29, 1.82) is 0 Å². The van der Waals surface area contributed by atoms with Gasteiger partial charge in [-0.2, -0.15) is 13.2 Å². The molecule has 1 aromatic heterocycles. The van der Waals surface area contributed by atoms with Gasteiger partial charge in [-0.1, -0.05) is 24.3 Å². The number of hydrogen-bond acceptors (Lipinski definition) is 3. The van der Waals surface area contributed by atoms with Crippen molar-refractivity contribution in [3.63, 3.8) is 0 Å². The van der Waals surface area contributed by atoms with Crippen molar-refractivity contribution in [1.82, 2.24) is 9.88 Å². The summed E-state index contributed by atoms with van der Waals surface area (Å²) in [5.41, 5.74) is 3.47. The summed E-state index contributed by atoms with van der Waals surface area (Å²) in [6.45, 7) is 6.65. The lowest BCUT2D eigenvalue weighted by Crippen LogP contribution is -2.36. The molecule has 1 amide bonds. The van der Waals surface area contributed by atoms with Crippen LogP contribution in [0.3, 0.4) is 0 Å². The van der Waals surface area contributed by atoms with E-state index in [1.54, 1.807) is 18.2 Å². The van der Waals surface area contributed by atoms with E-state index in [1.165, 1.54) is 18.2 Å². The van der Waals surface area contributed by atoms with Crippen LogP contribution in [0.5, 0.6) is 0 Å². The molecular weight excluding hydrogens is 462 g/mol. The molecular formula is C26H27F4N3O2. The van der Waals surface area contributed by atoms with E-state index in [0.717, 1.165) is 34.6 Å². The Balaban J connectivity index is 1.65. The monoisotopic (exact) mass is 489 g/mol. The third-order valence-corrected chi connectivity index (χ3v) is 6.23. The molecule has 2 heterocycles. The van der Waals surface area contributed by atoms with Gasteiger partial charge in [0.15, 0.2) is 0 Å². The minimum atomic E-state index is -4.45. The lowest BCUT2D eigenvalue weighted by molar-refractivity contribution is -0.137. The lowest BCUT2D eigenvalue weighted by atomic mass is 10.1. The molecule has 0 radical (unpaired) electrons. The first kappa shape index (κ1) is 24.8. The van der Waals surface area contributed by atoms with E-state index in [1.807, 2.05) is 18.4 Å². The van der Waals surface area contributed by atoms with Gasteiger partial charge in [0.05, 0.1) is 24.5 Å². The van der Waals surface area contributed by atoms with Crippen molar-refractivity contribution in [3.8, 4) is 0 Å². The van der Waals surface area contributed by atoms with Crippen molar-refractivity contribution < 1.29 is 27.1 Å². The second kappa shape index (κ2) is 10.1. The molecule has 4 rings (SSSR count). The minimum absolute atomic E-state index is 0.0458. The van der Waals surface area contributed by atoms with E-state index in [-0.39, 0.29) is 18.3 Å². The van der Waals surface area contributed by atoms with Gasteiger partial charge in [0.2, 0.25) is 0 Å². The number of amides is 1. The normalized spacial score (nSPS) is 14.3. The van der Waals surface area contributed by atoms with Crippen LogP contribution in [0.1, 0.15) is 38.4 Å². The maximum Gasteiger partial charge on any atom is 0.416 e. The zero-order valence-electron chi connectivity index (χ0n) is 19.6. The molecule has 0 unspecified atom stereocenters. The summed E-state index contributed by atoms with van der Waals surface area (Å²) < 4.78 is 60.0. The molecule has 1 fully saturated rings. The first-order valence-electron chi connectivity index (χ1n) is 11.4. The Morgan fingerprint density at radius 2 is 1.71 bits per heavy atom. The molecule has 0 aliphatic carbocycles. The molecule has 9 heteroatoms. The summed E-state index contributed by atoms with van der Waals surface area (Å²) >= 11 is 0. The van der Waals surface area contributed by atoms with Gasteiger partial charge < -0.3 is 19.5 Å². The van der Waals surface area contributed by atoms with Crippen molar-refractivity contribution >= 4 is 11.6 Å². The molecule has 3 aromatic rings. The summed E-state index contributed by atoms with van der Waals surface area (Å²) in [6, 6.07) is 11.0. The average Bonchev–Trinajstić information content (AvgIpc) is 3.08. The number of nitrogens with zero attached hydrogens (tertiary/aromatic N) is 2. The summed E-state index contributed by atoms with van der Waals surface area (Å²) in [5.74, 6) is -0.730. The molecule has 0 bridgehead atoms. The number of anilines is 1. The number of alkyl halides is 3. The molecule has 1 aliphatic heterocycles. The SMILES string of the molecule is Cc1c(N2CCOCC2)c(C)n(Cc2ccc(F)cc2)c1C(=O)NCc1cccc(C(F)(F)F)c1. The van der Waals surface area contributed by atoms with E-state index in [0.29, 0.717) is 44.1 Å². The minimum Gasteiger partial charge on any atom is -0.378 e. The first-order chi connectivity index (χ1) is 16.6. The molecule has 1 saturated heterocycles. The molecule has 35 heavy (non-hydrogen) atoms. The van der Waals surface area contributed by atoms with Crippen LogP contribution in [0.25, 0.3) is 0 Å². The second-order valence-electron chi connectivity index (χ2n) is 8.60. The van der Waals surface area contributed by atoms with Crippen LogP contribution in [0.4, 0.5) is 23.2 Å². The van der Waals surface area contributed by atoms with Gasteiger partial charge in [-0.15, -0.1) is 0 Å². The maximum absolute atomic E-state index is 13.4. The fourth-order valence-electron chi connectivity index (χ4n) is 4.52. The van der Waals surface area contributed by atoms with Gasteiger partial charge in [0.25, 0.3) is 5.91 Å². The number of carbonyl (C=O) groups excluding carboxylic acids is 1. The Hall–Kier alpha value is -3.33. The van der Waals surface area contributed by atoms with Gasteiger partial charge in [0, 0.05) is 37.4 Å². The highest BCUT2D eigenvalue weighted by molar-refractivity contribution is 5.96. The zero-order chi connectivity index (χ0) is 25.2. The van der Waals surface area contributed by atoms with E-state index >= 15 is 0 Å². The van der Waals surface area contributed by atoms with Gasteiger partial charge >= 0.3 is 6.18 Å². The van der Waals surface area contributed by atoms with Crippen LogP contribution < -0.4 is 10.2 Å². The number of aromatic nitrogens is 1. The average molecular weight is 490 g/mol. The Morgan fingerprint density at radius 1 is 1.03 bits per heavy atom. The Bertz CT molecular complexity index is 1200. The number of halogens is 4. The second-order valence-corrected chi connectivity index (χ2v) is 8.60. The van der Waals surface area contributed by atoms with Gasteiger partial charge in [-0.05, 0) is 49.2 Å². The van der Waals surface area contributed by atoms with Crippen molar-refractivity contribution in [2.24, 2.45) is 0 Å². The Morgan fingerprint density at radius 3 is 2.37 bits per heavy atom. The molecule has 186 valence electrons. The molecule has 1 N–H and O–H groups in total. The van der Waals surface area contributed by atoms with Gasteiger partial charge in [0.1, 0.15) is 11.5 Å². The quantitative estimate of drug-likeness (QED) is 0.492. The van der Waals surface area contributed by atoms with E-state index in [4.69, 9.17) is 4.74 Å². The van der Waals surface area contributed by atoms with Crippen LogP contribution >= 0.6 is 0 Å². The fraction of sp³-hybridized carbons (Fsp3) is 0.346. The molecule has 1 aliphatic rings. The smallest absolute Gasteiger partial charge is 0.378 e. The number of morpholine rings is 1. The van der Waals surface area contributed by atoms with Crippen LogP contribution in [-0.2, 0) is 24.0 Å². The van der Waals surface area contributed by atoms with E-state index in [2.05, 4.69) is 10.2 Å². The van der Waals surface area contributed by atoms with Crippen molar-refractivity contribution in [2.75, 3.05) is 31.2 Å². The Labute approximate surface area is 201 Å². The number of rotatable bonds is 6. The molecule has 0 atom stereocenters. The lowest BCUT2D eigenvalue weighted by Gasteiger charge is -2.29. The standard InChI is InChI=1S/C26H27F4N3O2/c1-17-23(32-10-12-35-13-11-32)18(2)33(16-19-6-8-22(27)9-7-19)24(17)25(34)31-15-20-4-3-5-21(14-20)26(28,29)30/h3-9,14H,10-13,15-16H2,1-2H3,(H,31,34). The van der Waals surface area contributed by atoms with Crippen molar-refractivity contribution in [2.45, 2.75) is 33.1 Å².